The van der Waals surface area contributed by atoms with E-state index in [2.05, 4.69) is 15.0 Å². The standard InChI is InChI=1S/C27H21F3N4O7/c28-27(29,30)41-19-6-3-4-16(12-19)22-20-21(24(36)33(23(20)35)14-17-5-1-2-11-31-17)26(32-22,25(37)38)13-15-7-9-18(10-8-15)34(39)40/h1-12,20-22,32H,13-14H2,(H,37,38). The number of rotatable bonds is 8. The van der Waals surface area contributed by atoms with Gasteiger partial charge in [-0.3, -0.25) is 39.7 Å². The summed E-state index contributed by atoms with van der Waals surface area (Å²) in [5, 5.41) is 24.5. The number of aromatic nitrogens is 1. The molecule has 2 amide bonds. The summed E-state index contributed by atoms with van der Waals surface area (Å²) < 4.78 is 42.8. The summed E-state index contributed by atoms with van der Waals surface area (Å²) in [4.78, 5) is 56.0. The fraction of sp³-hybridized carbons (Fsp3) is 0.259. The lowest BCUT2D eigenvalue weighted by Gasteiger charge is -2.31. The number of nitrogens with one attached hydrogen (secondary N) is 1. The number of non-ortho nitro benzene ring substituents is 1. The molecule has 4 atom stereocenters. The Morgan fingerprint density at radius 3 is 2.44 bits per heavy atom. The van der Waals surface area contributed by atoms with Gasteiger partial charge in [-0.1, -0.05) is 30.3 Å². The first-order chi connectivity index (χ1) is 19.4. The third-order valence-electron chi connectivity index (χ3n) is 7.25. The van der Waals surface area contributed by atoms with E-state index in [1.165, 1.54) is 42.6 Å². The van der Waals surface area contributed by atoms with E-state index in [-0.39, 0.29) is 24.2 Å². The molecule has 0 saturated carbocycles. The number of carbonyl (C=O) groups excluding carboxylic acids is 2. The summed E-state index contributed by atoms with van der Waals surface area (Å²) in [6, 6.07) is 13.5. The lowest BCUT2D eigenvalue weighted by atomic mass is 9.76. The SMILES string of the molecule is O=C1C2C(c3cccc(OC(F)(F)F)c3)NC(Cc3ccc([N+](=O)[O-])cc3)(C(=O)O)C2C(=O)N1Cc1ccccn1. The average Bonchev–Trinajstić information content (AvgIpc) is 3.39. The first-order valence-electron chi connectivity index (χ1n) is 12.2. The van der Waals surface area contributed by atoms with E-state index in [0.717, 1.165) is 17.0 Å². The maximum atomic E-state index is 13.8. The van der Waals surface area contributed by atoms with Gasteiger partial charge in [0.1, 0.15) is 11.3 Å². The number of amides is 2. The molecular formula is C27H21F3N4O7. The van der Waals surface area contributed by atoms with E-state index >= 15 is 0 Å². The van der Waals surface area contributed by atoms with Crippen molar-refractivity contribution >= 4 is 23.5 Å². The third-order valence-corrected chi connectivity index (χ3v) is 7.25. The van der Waals surface area contributed by atoms with Gasteiger partial charge in [0.15, 0.2) is 0 Å². The van der Waals surface area contributed by atoms with Crippen molar-refractivity contribution in [3.8, 4) is 5.75 Å². The molecule has 0 spiro atoms. The monoisotopic (exact) mass is 570 g/mol. The molecule has 11 nitrogen and oxygen atoms in total. The first-order valence-corrected chi connectivity index (χ1v) is 12.2. The number of nitrogens with zero attached hydrogens (tertiary/aromatic N) is 3. The van der Waals surface area contributed by atoms with Gasteiger partial charge in [-0.2, -0.15) is 0 Å². The van der Waals surface area contributed by atoms with Crippen molar-refractivity contribution in [3.05, 3.63) is 99.9 Å². The number of ether oxygens (including phenoxy) is 1. The number of hydrogen-bond acceptors (Lipinski definition) is 8. The summed E-state index contributed by atoms with van der Waals surface area (Å²) in [5.41, 5.74) is -1.52. The van der Waals surface area contributed by atoms with Gasteiger partial charge in [-0.15, -0.1) is 13.2 Å². The number of halogens is 3. The second-order valence-corrected chi connectivity index (χ2v) is 9.71. The van der Waals surface area contributed by atoms with Crippen molar-refractivity contribution in [2.45, 2.75) is 30.9 Å². The molecular weight excluding hydrogens is 549 g/mol. The Morgan fingerprint density at radius 1 is 1.10 bits per heavy atom. The van der Waals surface area contributed by atoms with Crippen LogP contribution in [0.2, 0.25) is 0 Å². The third kappa shape index (κ3) is 5.20. The number of fused-ring (bicyclic) bond motifs is 1. The number of likely N-dealkylation sites (tertiary alicyclic amines) is 1. The van der Waals surface area contributed by atoms with Crippen LogP contribution in [0.15, 0.2) is 72.9 Å². The Hall–Kier alpha value is -4.85. The number of nitro groups is 1. The van der Waals surface area contributed by atoms with Gasteiger partial charge in [0.2, 0.25) is 11.8 Å². The van der Waals surface area contributed by atoms with Crippen LogP contribution in [0.3, 0.4) is 0 Å². The zero-order valence-electron chi connectivity index (χ0n) is 20.9. The fourth-order valence-electron chi connectivity index (χ4n) is 5.56. The molecule has 2 N–H and O–H groups in total. The molecule has 3 heterocycles. The Balaban J connectivity index is 1.59. The second-order valence-electron chi connectivity index (χ2n) is 9.71. The number of nitro benzene ring substituents is 1. The van der Waals surface area contributed by atoms with Crippen molar-refractivity contribution in [1.29, 1.82) is 0 Å². The number of carboxylic acids is 1. The Morgan fingerprint density at radius 2 is 1.83 bits per heavy atom. The fourth-order valence-corrected chi connectivity index (χ4v) is 5.56. The molecule has 0 bridgehead atoms. The molecule has 0 aliphatic carbocycles. The van der Waals surface area contributed by atoms with Crippen LogP contribution < -0.4 is 10.1 Å². The van der Waals surface area contributed by atoms with Gasteiger partial charge < -0.3 is 9.84 Å². The minimum atomic E-state index is -5.00. The summed E-state index contributed by atoms with van der Waals surface area (Å²) in [6.45, 7) is -0.233. The molecule has 4 unspecified atom stereocenters. The number of pyridine rings is 1. The smallest absolute Gasteiger partial charge is 0.480 e. The van der Waals surface area contributed by atoms with Gasteiger partial charge in [0, 0.05) is 30.8 Å². The van der Waals surface area contributed by atoms with E-state index in [1.54, 1.807) is 18.2 Å². The highest BCUT2D eigenvalue weighted by molar-refractivity contribution is 6.09. The summed E-state index contributed by atoms with van der Waals surface area (Å²) >= 11 is 0. The molecule has 5 rings (SSSR count). The molecule has 2 fully saturated rings. The minimum Gasteiger partial charge on any atom is -0.480 e. The molecule has 212 valence electrons. The molecule has 3 aromatic rings. The normalized spacial score (nSPS) is 23.9. The molecule has 14 heteroatoms. The lowest BCUT2D eigenvalue weighted by Crippen LogP contribution is -2.57. The highest BCUT2D eigenvalue weighted by atomic mass is 19.4. The zero-order chi connectivity index (χ0) is 29.5. The van der Waals surface area contributed by atoms with Crippen molar-refractivity contribution in [1.82, 2.24) is 15.2 Å². The van der Waals surface area contributed by atoms with Crippen molar-refractivity contribution in [2.75, 3.05) is 0 Å². The Kier molecular flexibility index (Phi) is 6.95. The van der Waals surface area contributed by atoms with Crippen molar-refractivity contribution in [2.24, 2.45) is 11.8 Å². The van der Waals surface area contributed by atoms with Crippen LogP contribution in [0.5, 0.6) is 5.75 Å². The van der Waals surface area contributed by atoms with E-state index in [1.807, 2.05) is 0 Å². The van der Waals surface area contributed by atoms with Crippen LogP contribution >= 0.6 is 0 Å². The van der Waals surface area contributed by atoms with Gasteiger partial charge >= 0.3 is 12.3 Å². The molecule has 2 aliphatic heterocycles. The molecule has 41 heavy (non-hydrogen) atoms. The number of hydrogen-bond donors (Lipinski definition) is 2. The minimum absolute atomic E-state index is 0.106. The van der Waals surface area contributed by atoms with Gasteiger partial charge in [-0.25, -0.2) is 0 Å². The van der Waals surface area contributed by atoms with E-state index in [0.29, 0.717) is 11.3 Å². The molecule has 0 radical (unpaired) electrons. The van der Waals surface area contributed by atoms with Crippen LogP contribution in [-0.4, -0.2) is 49.6 Å². The molecule has 2 aliphatic rings. The maximum Gasteiger partial charge on any atom is 0.573 e. The topological polar surface area (TPSA) is 152 Å². The van der Waals surface area contributed by atoms with Crippen LogP contribution in [0.4, 0.5) is 18.9 Å². The van der Waals surface area contributed by atoms with E-state index < -0.39 is 58.2 Å². The summed E-state index contributed by atoms with van der Waals surface area (Å²) in [7, 11) is 0. The number of carboxylic acid groups (broad SMARTS) is 1. The first kappa shape index (κ1) is 27.7. The number of imide groups is 1. The largest absolute Gasteiger partial charge is 0.573 e. The Labute approximate surface area is 229 Å². The second kappa shape index (κ2) is 10.3. The van der Waals surface area contributed by atoms with Gasteiger partial charge in [0.05, 0.1) is 29.0 Å². The average molecular weight is 570 g/mol. The maximum absolute atomic E-state index is 13.8. The van der Waals surface area contributed by atoms with E-state index in [4.69, 9.17) is 0 Å². The van der Waals surface area contributed by atoms with Crippen LogP contribution in [0, 0.1) is 22.0 Å². The highest BCUT2D eigenvalue weighted by Gasteiger charge is 2.68. The van der Waals surface area contributed by atoms with Crippen LogP contribution in [-0.2, 0) is 27.3 Å². The molecule has 2 aromatic carbocycles. The lowest BCUT2D eigenvalue weighted by molar-refractivity contribution is -0.384. The zero-order valence-corrected chi connectivity index (χ0v) is 20.9. The quantitative estimate of drug-likeness (QED) is 0.236. The Bertz CT molecular complexity index is 1520. The number of benzene rings is 2. The number of alkyl halides is 3. The van der Waals surface area contributed by atoms with E-state index in [9.17, 15) is 42.8 Å². The van der Waals surface area contributed by atoms with Crippen LogP contribution in [0.1, 0.15) is 22.9 Å². The van der Waals surface area contributed by atoms with Gasteiger partial charge in [-0.05, 0) is 35.4 Å². The summed E-state index contributed by atoms with van der Waals surface area (Å²) in [5.74, 6) is -6.30. The predicted molar refractivity (Wildman–Crippen MR) is 133 cm³/mol. The molecule has 2 saturated heterocycles. The number of aliphatic carboxylic acids is 1. The van der Waals surface area contributed by atoms with Crippen molar-refractivity contribution < 1.29 is 42.3 Å². The predicted octanol–water partition coefficient (Wildman–Crippen LogP) is 3.40. The number of carbonyl (C=O) groups is 3. The van der Waals surface area contributed by atoms with Crippen LogP contribution in [0.25, 0.3) is 0 Å². The molecule has 1 aromatic heterocycles. The van der Waals surface area contributed by atoms with Crippen molar-refractivity contribution in [3.63, 3.8) is 0 Å². The highest BCUT2D eigenvalue weighted by Crippen LogP contribution is 2.50. The van der Waals surface area contributed by atoms with Gasteiger partial charge in [0.25, 0.3) is 5.69 Å². The summed E-state index contributed by atoms with van der Waals surface area (Å²) in [6.07, 6.45) is -3.88.